The number of methoxy groups -OCH3 is 1. The molecule has 33 heavy (non-hydrogen) atoms. The predicted octanol–water partition coefficient (Wildman–Crippen LogP) is 2.03. The van der Waals surface area contributed by atoms with Crippen molar-refractivity contribution in [3.63, 3.8) is 0 Å². The van der Waals surface area contributed by atoms with E-state index in [0.717, 1.165) is 34.6 Å². The van der Waals surface area contributed by atoms with E-state index in [4.69, 9.17) is 0 Å². The van der Waals surface area contributed by atoms with Crippen molar-refractivity contribution in [2.24, 2.45) is 0 Å². The summed E-state index contributed by atoms with van der Waals surface area (Å²) >= 11 is 0. The summed E-state index contributed by atoms with van der Waals surface area (Å²) in [6.07, 6.45) is 1.54. The van der Waals surface area contributed by atoms with Crippen LogP contribution >= 0.6 is 0 Å². The number of hydrogen-bond acceptors (Lipinski definition) is 6. The fraction of sp³-hybridized carbons (Fsp3) is 0.130. The largest absolute Gasteiger partial charge is 0.507 e. The third-order valence-corrected chi connectivity index (χ3v) is 4.69. The average molecular weight is 456 g/mol. The molecule has 3 rings (SSSR count). The van der Waals surface area contributed by atoms with Gasteiger partial charge in [-0.1, -0.05) is 24.3 Å². The molecule has 1 N–H and O–H groups in total. The van der Waals surface area contributed by atoms with Crippen LogP contribution in [0.15, 0.2) is 70.4 Å². The Morgan fingerprint density at radius 1 is 0.939 bits per heavy atom. The highest BCUT2D eigenvalue weighted by atomic mass is 19.1. The fourth-order valence-corrected chi connectivity index (χ4v) is 3.00. The maximum absolute atomic E-state index is 13.2. The molecule has 0 aliphatic carbocycles. The lowest BCUT2D eigenvalue weighted by Crippen LogP contribution is -2.41. The lowest BCUT2D eigenvalue weighted by atomic mass is 10.2. The average Bonchev–Trinajstić information content (AvgIpc) is 2.80. The minimum absolute atomic E-state index is 0.0892. The highest BCUT2D eigenvalue weighted by molar-refractivity contribution is 6.39. The van der Waals surface area contributed by atoms with Crippen LogP contribution in [-0.2, 0) is 27.4 Å². The van der Waals surface area contributed by atoms with Gasteiger partial charge >= 0.3 is 11.7 Å². The molecule has 0 radical (unpaired) electrons. The standard InChI is InChI=1S/C23H18F2N2O6/c1-33-22(31)20(29)10-19(28)18-13-26(11-14-2-6-16(24)7-3-14)23(32)27(21(18)30)12-15-4-8-17(25)9-5-15/h2-10,13,28H,11-12H2,1H3. The molecule has 0 fully saturated rings. The number of aliphatic hydroxyl groups is 1. The van der Waals surface area contributed by atoms with Crippen molar-refractivity contribution in [1.82, 2.24) is 9.13 Å². The highest BCUT2D eigenvalue weighted by Crippen LogP contribution is 2.10. The van der Waals surface area contributed by atoms with Crippen LogP contribution in [0.25, 0.3) is 5.76 Å². The van der Waals surface area contributed by atoms with Crippen molar-refractivity contribution in [3.05, 3.63) is 110 Å². The van der Waals surface area contributed by atoms with E-state index in [1.165, 1.54) is 36.4 Å². The third-order valence-electron chi connectivity index (χ3n) is 4.69. The summed E-state index contributed by atoms with van der Waals surface area (Å²) < 4.78 is 32.6. The van der Waals surface area contributed by atoms with Gasteiger partial charge in [0.2, 0.25) is 0 Å². The maximum Gasteiger partial charge on any atom is 0.378 e. The molecular formula is C23H18F2N2O6. The second-order valence-corrected chi connectivity index (χ2v) is 6.98. The first kappa shape index (κ1) is 23.3. The lowest BCUT2D eigenvalue weighted by molar-refractivity contribution is -0.149. The van der Waals surface area contributed by atoms with E-state index in [9.17, 15) is 33.1 Å². The minimum Gasteiger partial charge on any atom is -0.507 e. The van der Waals surface area contributed by atoms with E-state index in [1.54, 1.807) is 0 Å². The molecule has 0 atom stereocenters. The van der Waals surface area contributed by atoms with Crippen LogP contribution in [0.5, 0.6) is 0 Å². The molecule has 10 heteroatoms. The highest BCUT2D eigenvalue weighted by Gasteiger charge is 2.18. The fourth-order valence-electron chi connectivity index (χ4n) is 3.00. The molecule has 1 aromatic heterocycles. The summed E-state index contributed by atoms with van der Waals surface area (Å²) in [5, 5.41) is 10.4. The van der Waals surface area contributed by atoms with E-state index in [1.807, 2.05) is 0 Å². The van der Waals surface area contributed by atoms with Crippen LogP contribution in [0.2, 0.25) is 0 Å². The van der Waals surface area contributed by atoms with Gasteiger partial charge in [-0.15, -0.1) is 0 Å². The van der Waals surface area contributed by atoms with Crippen molar-refractivity contribution < 1.29 is 28.2 Å². The van der Waals surface area contributed by atoms with Gasteiger partial charge in [0.25, 0.3) is 11.3 Å². The number of hydrogen-bond donors (Lipinski definition) is 1. The van der Waals surface area contributed by atoms with Crippen molar-refractivity contribution in [2.75, 3.05) is 7.11 Å². The van der Waals surface area contributed by atoms with Gasteiger partial charge < -0.3 is 9.84 Å². The first-order valence-corrected chi connectivity index (χ1v) is 9.56. The van der Waals surface area contributed by atoms with Gasteiger partial charge in [-0.05, 0) is 35.4 Å². The van der Waals surface area contributed by atoms with Crippen LogP contribution in [0.1, 0.15) is 16.7 Å². The van der Waals surface area contributed by atoms with Gasteiger partial charge in [-0.25, -0.2) is 18.4 Å². The Morgan fingerprint density at radius 3 is 1.97 bits per heavy atom. The summed E-state index contributed by atoms with van der Waals surface area (Å²) in [4.78, 5) is 49.1. The molecule has 170 valence electrons. The van der Waals surface area contributed by atoms with Gasteiger partial charge in [-0.2, -0.15) is 0 Å². The molecule has 0 spiro atoms. The Kier molecular flexibility index (Phi) is 6.97. The number of halogens is 2. The van der Waals surface area contributed by atoms with Gasteiger partial charge in [0.05, 0.1) is 25.8 Å². The quantitative estimate of drug-likeness (QED) is 0.252. The second kappa shape index (κ2) is 9.86. The molecule has 0 unspecified atom stereocenters. The third kappa shape index (κ3) is 5.48. The molecule has 0 aliphatic rings. The normalized spacial score (nSPS) is 11.3. The molecule has 0 bridgehead atoms. The first-order valence-electron chi connectivity index (χ1n) is 9.56. The topological polar surface area (TPSA) is 108 Å². The van der Waals surface area contributed by atoms with Gasteiger partial charge in [0, 0.05) is 12.3 Å². The zero-order chi connectivity index (χ0) is 24.1. The Morgan fingerprint density at radius 2 is 1.45 bits per heavy atom. The van der Waals surface area contributed by atoms with E-state index in [-0.39, 0.29) is 13.1 Å². The number of aromatic nitrogens is 2. The van der Waals surface area contributed by atoms with Crippen molar-refractivity contribution in [1.29, 1.82) is 0 Å². The molecule has 0 saturated carbocycles. The maximum atomic E-state index is 13.2. The smallest absolute Gasteiger partial charge is 0.378 e. The van der Waals surface area contributed by atoms with E-state index in [0.29, 0.717) is 17.2 Å². The van der Waals surface area contributed by atoms with E-state index in [2.05, 4.69) is 4.74 Å². The molecule has 0 amide bonds. The molecule has 2 aromatic carbocycles. The summed E-state index contributed by atoms with van der Waals surface area (Å²) in [7, 11) is 0.976. The van der Waals surface area contributed by atoms with E-state index < -0.39 is 46.0 Å². The van der Waals surface area contributed by atoms with Crippen molar-refractivity contribution in [2.45, 2.75) is 13.1 Å². The molecule has 3 aromatic rings. The monoisotopic (exact) mass is 456 g/mol. The number of ether oxygens (including phenoxy) is 1. The Bertz CT molecular complexity index is 1340. The number of ketones is 1. The summed E-state index contributed by atoms with van der Waals surface area (Å²) in [6, 6.07) is 10.4. The zero-order valence-electron chi connectivity index (χ0n) is 17.3. The van der Waals surface area contributed by atoms with Crippen molar-refractivity contribution in [3.8, 4) is 0 Å². The molecule has 1 heterocycles. The van der Waals surface area contributed by atoms with Crippen LogP contribution in [0, 0.1) is 11.6 Å². The predicted molar refractivity (Wildman–Crippen MR) is 114 cm³/mol. The molecule has 0 aliphatic heterocycles. The number of aliphatic hydroxyl groups excluding tert-OH is 1. The first-order chi connectivity index (χ1) is 15.7. The molecule has 0 saturated heterocycles. The zero-order valence-corrected chi connectivity index (χ0v) is 17.3. The molecular weight excluding hydrogens is 438 g/mol. The Balaban J connectivity index is 2.14. The summed E-state index contributed by atoms with van der Waals surface area (Å²) in [5.74, 6) is -4.30. The summed E-state index contributed by atoms with van der Waals surface area (Å²) in [6.45, 7) is -0.346. The number of carbonyl (C=O) groups is 2. The van der Waals surface area contributed by atoms with Crippen molar-refractivity contribution >= 4 is 17.5 Å². The number of esters is 1. The second-order valence-electron chi connectivity index (χ2n) is 6.98. The van der Waals surface area contributed by atoms with Gasteiger partial charge in [0.15, 0.2) is 0 Å². The number of benzene rings is 2. The number of nitrogens with zero attached hydrogens (tertiary/aromatic N) is 2. The van der Waals surface area contributed by atoms with Crippen LogP contribution in [0.3, 0.4) is 0 Å². The number of carbonyl (C=O) groups excluding carboxylic acids is 2. The van der Waals surface area contributed by atoms with E-state index >= 15 is 0 Å². The lowest BCUT2D eigenvalue weighted by Gasteiger charge is -2.13. The number of rotatable bonds is 7. The Hall–Kier alpha value is -4.34. The van der Waals surface area contributed by atoms with Crippen LogP contribution < -0.4 is 11.2 Å². The van der Waals surface area contributed by atoms with Crippen LogP contribution in [0.4, 0.5) is 8.78 Å². The summed E-state index contributed by atoms with van der Waals surface area (Å²) in [5.41, 5.74) is -1.19. The molecule has 8 nitrogen and oxygen atoms in total. The Labute approximate surface area is 185 Å². The van der Waals surface area contributed by atoms with Gasteiger partial charge in [-0.3, -0.25) is 18.7 Å². The van der Waals surface area contributed by atoms with Gasteiger partial charge in [0.1, 0.15) is 17.4 Å². The SMILES string of the molecule is COC(=O)C(=O)C=C(O)c1cn(Cc2ccc(F)cc2)c(=O)n(Cc2ccc(F)cc2)c1=O. The minimum atomic E-state index is -1.26. The van der Waals surface area contributed by atoms with Crippen LogP contribution in [-0.4, -0.2) is 33.1 Å².